The molecular formula is C21H18N4O4S2. The Balaban J connectivity index is 1.82. The van der Waals surface area contributed by atoms with Gasteiger partial charge in [0.15, 0.2) is 10.6 Å². The van der Waals surface area contributed by atoms with Crippen LogP contribution in [0.4, 0.5) is 5.13 Å². The lowest BCUT2D eigenvalue weighted by molar-refractivity contribution is 0.102. The molecule has 0 saturated carbocycles. The lowest BCUT2D eigenvalue weighted by atomic mass is 10.1. The van der Waals surface area contributed by atoms with Crippen molar-refractivity contribution in [2.24, 2.45) is 0 Å². The summed E-state index contributed by atoms with van der Waals surface area (Å²) in [5.41, 5.74) is 0.846. The van der Waals surface area contributed by atoms with Crippen LogP contribution in [0.1, 0.15) is 15.9 Å². The van der Waals surface area contributed by atoms with Gasteiger partial charge >= 0.3 is 0 Å². The molecular weight excluding hydrogens is 436 g/mol. The highest BCUT2D eigenvalue weighted by atomic mass is 32.2. The first-order valence-electron chi connectivity index (χ1n) is 9.21. The van der Waals surface area contributed by atoms with Gasteiger partial charge in [0.25, 0.3) is 5.91 Å². The monoisotopic (exact) mass is 454 g/mol. The normalized spacial score (nSPS) is 11.8. The molecule has 0 fully saturated rings. The molecule has 0 saturated heterocycles. The molecule has 0 aliphatic rings. The van der Waals surface area contributed by atoms with Gasteiger partial charge in [-0.15, -0.1) is 11.3 Å². The number of thiazole rings is 1. The highest BCUT2D eigenvalue weighted by molar-refractivity contribution is 7.88. The van der Waals surface area contributed by atoms with Gasteiger partial charge in [-0.05, 0) is 29.1 Å². The summed E-state index contributed by atoms with van der Waals surface area (Å²) in [7, 11) is -0.544. The highest BCUT2D eigenvalue weighted by Gasteiger charge is 2.16. The molecule has 1 N–H and O–H groups in total. The van der Waals surface area contributed by atoms with E-state index in [-0.39, 0.29) is 22.1 Å². The number of benzene rings is 1. The van der Waals surface area contributed by atoms with Gasteiger partial charge in [-0.25, -0.2) is 17.7 Å². The summed E-state index contributed by atoms with van der Waals surface area (Å²) < 4.78 is 25.6. The Kier molecular flexibility index (Phi) is 5.52. The van der Waals surface area contributed by atoms with Crippen LogP contribution in [0.5, 0.6) is 0 Å². The van der Waals surface area contributed by atoms with Crippen molar-refractivity contribution < 1.29 is 13.2 Å². The Bertz CT molecular complexity index is 1470. The van der Waals surface area contributed by atoms with E-state index in [1.807, 2.05) is 0 Å². The molecule has 0 unspecified atom stereocenters. The summed E-state index contributed by atoms with van der Waals surface area (Å²) in [5.74, 6) is -0.636. The third-order valence-corrected chi connectivity index (χ3v) is 7.27. The number of nitrogens with zero attached hydrogens (tertiary/aromatic N) is 3. The van der Waals surface area contributed by atoms with Crippen LogP contribution in [0.15, 0.2) is 59.0 Å². The van der Waals surface area contributed by atoms with E-state index in [0.717, 1.165) is 4.31 Å². The number of sulfonamides is 1. The predicted octanol–water partition coefficient (Wildman–Crippen LogP) is 2.85. The minimum atomic E-state index is -3.47. The smallest absolute Gasteiger partial charge is 0.259 e. The molecule has 0 spiro atoms. The lowest BCUT2D eigenvalue weighted by Gasteiger charge is -2.11. The molecule has 2 aromatic heterocycles. The van der Waals surface area contributed by atoms with Gasteiger partial charge in [-0.1, -0.05) is 18.2 Å². The number of rotatable bonds is 5. The Labute approximate surface area is 182 Å². The number of anilines is 1. The van der Waals surface area contributed by atoms with E-state index in [1.165, 1.54) is 37.7 Å². The molecule has 0 radical (unpaired) electrons. The standard InChI is InChI=1S/C21H18N4O4S2/c1-25(2)31(28,29)12-13-3-4-14-5-6-18-17(19(26)16(14)9-13)10-15(11-23-18)20(27)24-21-22-7-8-30-21/h3-11H,12H2,1-2H3,(H,22,24,27). The number of fused-ring (bicyclic) bond motifs is 2. The van der Waals surface area contributed by atoms with Crippen molar-refractivity contribution >= 4 is 54.1 Å². The molecule has 2 heterocycles. The van der Waals surface area contributed by atoms with Crippen LogP contribution in [-0.2, 0) is 15.8 Å². The first kappa shape index (κ1) is 21.0. The molecule has 31 heavy (non-hydrogen) atoms. The van der Waals surface area contributed by atoms with Gasteiger partial charge in [-0.3, -0.25) is 19.9 Å². The SMILES string of the molecule is CN(C)S(=O)(=O)Cc1ccc2ccc3ncc(C(=O)Nc4nccs4)cc3c(=O)c2c1. The first-order valence-corrected chi connectivity index (χ1v) is 11.7. The summed E-state index contributed by atoms with van der Waals surface area (Å²) >= 11 is 1.28. The van der Waals surface area contributed by atoms with Crippen LogP contribution >= 0.6 is 11.3 Å². The van der Waals surface area contributed by atoms with E-state index in [0.29, 0.717) is 27.0 Å². The molecule has 10 heteroatoms. The van der Waals surface area contributed by atoms with Crippen LogP contribution in [0.25, 0.3) is 21.7 Å². The van der Waals surface area contributed by atoms with E-state index >= 15 is 0 Å². The predicted molar refractivity (Wildman–Crippen MR) is 122 cm³/mol. The maximum atomic E-state index is 13.3. The average Bonchev–Trinajstić information content (AvgIpc) is 3.20. The molecule has 158 valence electrons. The molecule has 8 nitrogen and oxygen atoms in total. The van der Waals surface area contributed by atoms with Crippen LogP contribution in [0.3, 0.4) is 0 Å². The van der Waals surface area contributed by atoms with Crippen LogP contribution in [0.2, 0.25) is 0 Å². The van der Waals surface area contributed by atoms with E-state index in [4.69, 9.17) is 0 Å². The van der Waals surface area contributed by atoms with Gasteiger partial charge in [0.2, 0.25) is 10.0 Å². The number of amides is 1. The largest absolute Gasteiger partial charge is 0.298 e. The maximum Gasteiger partial charge on any atom is 0.259 e. The zero-order valence-electron chi connectivity index (χ0n) is 16.7. The Morgan fingerprint density at radius 3 is 2.58 bits per heavy atom. The van der Waals surface area contributed by atoms with Gasteiger partial charge in [0.05, 0.1) is 16.8 Å². The lowest BCUT2D eigenvalue weighted by Crippen LogP contribution is -2.23. The van der Waals surface area contributed by atoms with Crippen LogP contribution < -0.4 is 10.7 Å². The zero-order valence-corrected chi connectivity index (χ0v) is 18.3. The summed E-state index contributed by atoms with van der Waals surface area (Å²) in [6.07, 6.45) is 2.99. The van der Waals surface area contributed by atoms with E-state index < -0.39 is 15.9 Å². The number of nitrogens with one attached hydrogen (secondary N) is 1. The van der Waals surface area contributed by atoms with Crippen LogP contribution in [0, 0.1) is 0 Å². The van der Waals surface area contributed by atoms with Gasteiger partial charge in [0, 0.05) is 42.6 Å². The molecule has 0 bridgehead atoms. The van der Waals surface area contributed by atoms with Crippen molar-refractivity contribution in [3.63, 3.8) is 0 Å². The third-order valence-electron chi connectivity index (χ3n) is 4.77. The van der Waals surface area contributed by atoms with Crippen LogP contribution in [-0.4, -0.2) is 42.7 Å². The van der Waals surface area contributed by atoms with Crippen molar-refractivity contribution in [2.45, 2.75) is 5.75 Å². The molecule has 4 aromatic rings. The number of aromatic nitrogens is 2. The van der Waals surface area contributed by atoms with Crippen molar-refractivity contribution in [2.75, 3.05) is 19.4 Å². The number of hydrogen-bond donors (Lipinski definition) is 1. The minimum absolute atomic E-state index is 0.217. The van der Waals surface area contributed by atoms with Gasteiger partial charge in [-0.2, -0.15) is 0 Å². The topological polar surface area (TPSA) is 109 Å². The Morgan fingerprint density at radius 2 is 1.87 bits per heavy atom. The third kappa shape index (κ3) is 4.31. The number of hydrogen-bond acceptors (Lipinski definition) is 7. The maximum absolute atomic E-state index is 13.3. The van der Waals surface area contributed by atoms with E-state index in [9.17, 15) is 18.0 Å². The quantitative estimate of drug-likeness (QED) is 0.497. The highest BCUT2D eigenvalue weighted by Crippen LogP contribution is 2.19. The van der Waals surface area contributed by atoms with Crippen molar-refractivity contribution in [1.29, 1.82) is 0 Å². The number of carbonyl (C=O) groups is 1. The van der Waals surface area contributed by atoms with Gasteiger partial charge < -0.3 is 0 Å². The molecule has 2 aromatic carbocycles. The van der Waals surface area contributed by atoms with Crippen molar-refractivity contribution in [3.8, 4) is 0 Å². The minimum Gasteiger partial charge on any atom is -0.298 e. The summed E-state index contributed by atoms with van der Waals surface area (Å²) in [6.45, 7) is 0. The molecule has 0 atom stereocenters. The van der Waals surface area contributed by atoms with Gasteiger partial charge in [0.1, 0.15) is 0 Å². The second-order valence-electron chi connectivity index (χ2n) is 7.07. The fourth-order valence-corrected chi connectivity index (χ4v) is 4.44. The first-order chi connectivity index (χ1) is 14.7. The molecule has 0 aliphatic carbocycles. The molecule has 1 amide bonds. The van der Waals surface area contributed by atoms with Crippen molar-refractivity contribution in [1.82, 2.24) is 14.3 Å². The second-order valence-corrected chi connectivity index (χ2v) is 10.1. The molecule has 4 rings (SSSR count). The van der Waals surface area contributed by atoms with Crippen molar-refractivity contribution in [3.05, 3.63) is 75.5 Å². The fraction of sp³-hybridized carbons (Fsp3) is 0.143. The fourth-order valence-electron chi connectivity index (χ4n) is 3.06. The Morgan fingerprint density at radius 1 is 1.10 bits per heavy atom. The molecule has 0 aliphatic heterocycles. The summed E-state index contributed by atoms with van der Waals surface area (Å²) in [5, 5.41) is 6.15. The second kappa shape index (κ2) is 8.14. The number of pyridine rings is 1. The number of carbonyl (C=O) groups excluding carboxylic acids is 1. The average molecular weight is 455 g/mol. The Hall–Kier alpha value is -3.21. The zero-order chi connectivity index (χ0) is 22.2. The van der Waals surface area contributed by atoms with E-state index in [2.05, 4.69) is 15.3 Å². The summed E-state index contributed by atoms with van der Waals surface area (Å²) in [4.78, 5) is 34.1. The van der Waals surface area contributed by atoms with E-state index in [1.54, 1.807) is 41.9 Å². The summed E-state index contributed by atoms with van der Waals surface area (Å²) in [6, 6.07) is 9.94.